The molecule has 164 valence electrons. The summed E-state index contributed by atoms with van der Waals surface area (Å²) in [6.07, 6.45) is -2.09. The van der Waals surface area contributed by atoms with Crippen molar-refractivity contribution in [3.63, 3.8) is 0 Å². The zero-order valence-electron chi connectivity index (χ0n) is 17.6. The molecule has 0 bridgehead atoms. The van der Waals surface area contributed by atoms with Crippen LogP contribution in [0.4, 0.5) is 4.39 Å². The van der Waals surface area contributed by atoms with Gasteiger partial charge in [0.15, 0.2) is 5.41 Å². The average molecular weight is 424 g/mol. The highest BCUT2D eigenvalue weighted by Crippen LogP contribution is 2.45. The summed E-state index contributed by atoms with van der Waals surface area (Å²) in [6, 6.07) is 1.22. The van der Waals surface area contributed by atoms with Crippen molar-refractivity contribution in [1.29, 1.82) is 0 Å². The molecule has 0 N–H and O–H groups in total. The van der Waals surface area contributed by atoms with Crippen LogP contribution in [0.5, 0.6) is 0 Å². The Bertz CT molecular complexity index is 858. The first-order chi connectivity index (χ1) is 14.2. The third-order valence-electron chi connectivity index (χ3n) is 5.10. The van der Waals surface area contributed by atoms with E-state index in [-0.39, 0.29) is 53.9 Å². The normalized spacial score (nSPS) is 15.0. The topological polar surface area (TPSA) is 105 Å². The Kier molecular flexibility index (Phi) is 7.17. The maximum Gasteiger partial charge on any atom is 0.339 e. The van der Waals surface area contributed by atoms with Crippen LogP contribution in [0.3, 0.4) is 0 Å². The first-order valence-electron chi connectivity index (χ1n) is 9.52. The third kappa shape index (κ3) is 3.88. The number of esters is 4. The van der Waals surface area contributed by atoms with Crippen molar-refractivity contribution in [2.24, 2.45) is 5.41 Å². The fraction of sp³-hybridized carbons (Fsp3) is 0.524. The van der Waals surface area contributed by atoms with E-state index in [1.165, 1.54) is 13.0 Å². The van der Waals surface area contributed by atoms with Gasteiger partial charge in [0.2, 0.25) is 0 Å². The number of alkyl halides is 1. The largest absolute Gasteiger partial charge is 0.468 e. The van der Waals surface area contributed by atoms with Gasteiger partial charge in [-0.2, -0.15) is 0 Å². The van der Waals surface area contributed by atoms with E-state index < -0.39 is 35.5 Å². The van der Waals surface area contributed by atoms with Crippen molar-refractivity contribution in [3.8, 4) is 0 Å². The molecule has 0 radical (unpaired) electrons. The lowest BCUT2D eigenvalue weighted by molar-refractivity contribution is -0.168. The Morgan fingerprint density at radius 2 is 1.47 bits per heavy atom. The Morgan fingerprint density at radius 3 is 1.93 bits per heavy atom. The van der Waals surface area contributed by atoms with Crippen molar-refractivity contribution in [2.75, 3.05) is 27.4 Å². The SMILES string of the molecule is CCOC(=O)c1cc(C(C)F)c2c(c1C(=O)OCC)CC(C(=O)OC)(C(=O)OC)C2. The molecular weight excluding hydrogens is 399 g/mol. The van der Waals surface area contributed by atoms with Crippen molar-refractivity contribution < 1.29 is 42.5 Å². The summed E-state index contributed by atoms with van der Waals surface area (Å²) in [4.78, 5) is 50.5. The summed E-state index contributed by atoms with van der Waals surface area (Å²) in [5.41, 5.74) is -1.60. The minimum atomic E-state index is -1.80. The zero-order chi connectivity index (χ0) is 22.6. The third-order valence-corrected chi connectivity index (χ3v) is 5.10. The molecule has 1 aromatic carbocycles. The van der Waals surface area contributed by atoms with Gasteiger partial charge in [-0.3, -0.25) is 9.59 Å². The summed E-state index contributed by atoms with van der Waals surface area (Å²) in [7, 11) is 2.23. The lowest BCUT2D eigenvalue weighted by atomic mass is 9.84. The minimum absolute atomic E-state index is 0.0241. The van der Waals surface area contributed by atoms with Gasteiger partial charge in [0.1, 0.15) is 6.17 Å². The maximum absolute atomic E-state index is 14.5. The van der Waals surface area contributed by atoms with Gasteiger partial charge in [-0.25, -0.2) is 14.0 Å². The van der Waals surface area contributed by atoms with E-state index in [1.807, 2.05) is 0 Å². The van der Waals surface area contributed by atoms with Crippen LogP contribution in [0.15, 0.2) is 6.07 Å². The van der Waals surface area contributed by atoms with E-state index in [9.17, 15) is 23.6 Å². The van der Waals surface area contributed by atoms with Gasteiger partial charge in [0.25, 0.3) is 0 Å². The van der Waals surface area contributed by atoms with Crippen LogP contribution in [0, 0.1) is 5.41 Å². The van der Waals surface area contributed by atoms with E-state index in [0.717, 1.165) is 14.2 Å². The second-order valence-electron chi connectivity index (χ2n) is 6.82. The predicted molar refractivity (Wildman–Crippen MR) is 102 cm³/mol. The molecule has 1 unspecified atom stereocenters. The number of halogens is 1. The van der Waals surface area contributed by atoms with E-state index in [1.54, 1.807) is 13.8 Å². The van der Waals surface area contributed by atoms with Gasteiger partial charge < -0.3 is 18.9 Å². The molecule has 1 aliphatic carbocycles. The number of carbonyl (C=O) groups excluding carboxylic acids is 4. The number of benzene rings is 1. The first-order valence-corrected chi connectivity index (χ1v) is 9.52. The minimum Gasteiger partial charge on any atom is -0.468 e. The number of hydrogen-bond donors (Lipinski definition) is 0. The highest BCUT2D eigenvalue weighted by Gasteiger charge is 2.55. The second kappa shape index (κ2) is 9.23. The summed E-state index contributed by atoms with van der Waals surface area (Å²) in [5.74, 6) is -3.43. The highest BCUT2D eigenvalue weighted by atomic mass is 19.1. The van der Waals surface area contributed by atoms with Gasteiger partial charge in [0.05, 0.1) is 38.6 Å². The van der Waals surface area contributed by atoms with Gasteiger partial charge in [-0.15, -0.1) is 0 Å². The Labute approximate surface area is 173 Å². The van der Waals surface area contributed by atoms with E-state index in [4.69, 9.17) is 18.9 Å². The molecule has 0 heterocycles. The van der Waals surface area contributed by atoms with Crippen LogP contribution in [-0.2, 0) is 41.4 Å². The Morgan fingerprint density at radius 1 is 0.967 bits per heavy atom. The summed E-state index contributed by atoms with van der Waals surface area (Å²) in [5, 5.41) is 0. The monoisotopic (exact) mass is 424 g/mol. The lowest BCUT2D eigenvalue weighted by Crippen LogP contribution is -2.42. The molecule has 2 rings (SSSR count). The molecule has 1 aromatic rings. The zero-order valence-corrected chi connectivity index (χ0v) is 17.6. The van der Waals surface area contributed by atoms with Crippen LogP contribution in [0.1, 0.15) is 64.3 Å². The first kappa shape index (κ1) is 23.3. The van der Waals surface area contributed by atoms with Crippen LogP contribution in [0.25, 0.3) is 0 Å². The smallest absolute Gasteiger partial charge is 0.339 e. The Balaban J connectivity index is 2.84. The van der Waals surface area contributed by atoms with E-state index >= 15 is 0 Å². The van der Waals surface area contributed by atoms with Crippen molar-refractivity contribution >= 4 is 23.9 Å². The van der Waals surface area contributed by atoms with Gasteiger partial charge in [-0.05, 0) is 43.5 Å². The molecule has 1 aliphatic rings. The number of hydrogen-bond acceptors (Lipinski definition) is 8. The van der Waals surface area contributed by atoms with Crippen LogP contribution < -0.4 is 0 Å². The van der Waals surface area contributed by atoms with Gasteiger partial charge in [0, 0.05) is 12.8 Å². The van der Waals surface area contributed by atoms with Crippen molar-refractivity contribution in [1.82, 2.24) is 0 Å². The standard InChI is InChI=1S/C21H25FO8/c1-6-29-17(23)13-8-12(11(3)22)14-9-21(19(25)27-4,20(26)28-5)10-15(14)16(13)18(24)30-7-2/h8,11H,6-7,9-10H2,1-5H3. The molecular formula is C21H25FO8. The number of methoxy groups -OCH3 is 2. The summed E-state index contributed by atoms with van der Waals surface area (Å²) in [6.45, 7) is 4.50. The average Bonchev–Trinajstić information content (AvgIpc) is 3.12. The molecule has 0 spiro atoms. The number of ether oxygens (including phenoxy) is 4. The fourth-order valence-corrected chi connectivity index (χ4v) is 3.80. The molecule has 0 fully saturated rings. The predicted octanol–water partition coefficient (Wildman–Crippen LogP) is 2.50. The van der Waals surface area contributed by atoms with Crippen molar-refractivity contribution in [2.45, 2.75) is 39.8 Å². The van der Waals surface area contributed by atoms with E-state index in [2.05, 4.69) is 0 Å². The summed E-state index contributed by atoms with van der Waals surface area (Å²) < 4.78 is 34.3. The van der Waals surface area contributed by atoms with Crippen LogP contribution in [-0.4, -0.2) is 51.3 Å². The molecule has 30 heavy (non-hydrogen) atoms. The molecule has 0 saturated heterocycles. The lowest BCUT2D eigenvalue weighted by Gasteiger charge is -2.22. The molecule has 9 heteroatoms. The van der Waals surface area contributed by atoms with Crippen LogP contribution >= 0.6 is 0 Å². The maximum atomic E-state index is 14.5. The van der Waals surface area contributed by atoms with Gasteiger partial charge in [-0.1, -0.05) is 0 Å². The molecule has 8 nitrogen and oxygen atoms in total. The highest BCUT2D eigenvalue weighted by molar-refractivity contribution is 6.07. The number of fused-ring (bicyclic) bond motifs is 1. The van der Waals surface area contributed by atoms with Crippen LogP contribution in [0.2, 0.25) is 0 Å². The quantitative estimate of drug-likeness (QED) is 0.374. The fourth-order valence-electron chi connectivity index (χ4n) is 3.80. The molecule has 0 aliphatic heterocycles. The molecule has 0 aromatic heterocycles. The number of carbonyl (C=O) groups is 4. The molecule has 1 atom stereocenters. The van der Waals surface area contributed by atoms with Crippen molar-refractivity contribution in [3.05, 3.63) is 33.9 Å². The van der Waals surface area contributed by atoms with E-state index in [0.29, 0.717) is 0 Å². The molecule has 0 amide bonds. The summed E-state index contributed by atoms with van der Waals surface area (Å²) >= 11 is 0. The molecule has 0 saturated carbocycles. The number of rotatable bonds is 7. The second-order valence-corrected chi connectivity index (χ2v) is 6.82. The Hall–Kier alpha value is -2.97. The van der Waals surface area contributed by atoms with Gasteiger partial charge >= 0.3 is 23.9 Å².